The smallest absolute Gasteiger partial charge is 0.407 e. The quantitative estimate of drug-likeness (QED) is 0.871. The van der Waals surface area contributed by atoms with Crippen LogP contribution in [-0.2, 0) is 16.0 Å². The van der Waals surface area contributed by atoms with Gasteiger partial charge in [0, 0.05) is 0 Å². The van der Waals surface area contributed by atoms with Crippen LogP contribution in [-0.4, -0.2) is 29.9 Å². The van der Waals surface area contributed by atoms with E-state index in [4.69, 9.17) is 4.74 Å². The van der Waals surface area contributed by atoms with Crippen LogP contribution in [0, 0.1) is 0 Å². The summed E-state index contributed by atoms with van der Waals surface area (Å²) < 4.78 is 4.79. The summed E-state index contributed by atoms with van der Waals surface area (Å²) in [5.41, 5.74) is 1.22. The number of nitrogens with one attached hydrogen (secondary N) is 1. The largest absolute Gasteiger partial charge is 0.447 e. The number of carbonyl (C=O) groups excluding carboxylic acids is 2. The molecule has 1 heterocycles. The van der Waals surface area contributed by atoms with Gasteiger partial charge in [-0.25, -0.2) is 4.79 Å². The lowest BCUT2D eigenvalue weighted by atomic mass is 10.1. The summed E-state index contributed by atoms with van der Waals surface area (Å²) in [6.45, 7) is 2.02. The minimum absolute atomic E-state index is 0.134. The maximum atomic E-state index is 10.7. The fraction of sp³-hybridized carbons (Fsp3) is 0.385. The van der Waals surface area contributed by atoms with Gasteiger partial charge in [0.15, 0.2) is 0 Å². The second kappa shape index (κ2) is 7.87. The first-order chi connectivity index (χ1) is 8.61. The van der Waals surface area contributed by atoms with Gasteiger partial charge in [-0.15, -0.1) is 0 Å². The van der Waals surface area contributed by atoms with Crippen molar-refractivity contribution in [1.29, 1.82) is 0 Å². The first-order valence-corrected chi connectivity index (χ1v) is 6.76. The van der Waals surface area contributed by atoms with Crippen LogP contribution >= 0.6 is 15.9 Å². The number of rotatable bonds is 3. The second-order valence-corrected chi connectivity index (χ2v) is 4.53. The summed E-state index contributed by atoms with van der Waals surface area (Å²) in [4.78, 5) is 20.5. The minimum Gasteiger partial charge on any atom is -0.447 e. The van der Waals surface area contributed by atoms with Crippen molar-refractivity contribution in [3.05, 3.63) is 35.9 Å². The summed E-state index contributed by atoms with van der Waals surface area (Å²) >= 11 is 2.96. The highest BCUT2D eigenvalue weighted by Crippen LogP contribution is 2.06. The Morgan fingerprint density at radius 1 is 1.44 bits per heavy atom. The molecule has 4 nitrogen and oxygen atoms in total. The summed E-state index contributed by atoms with van der Waals surface area (Å²) in [5, 5.41) is 3.22. The summed E-state index contributed by atoms with van der Waals surface area (Å²) in [7, 11) is 0. The molecule has 1 atom stereocenters. The zero-order valence-corrected chi connectivity index (χ0v) is 11.8. The van der Waals surface area contributed by atoms with Crippen molar-refractivity contribution in [2.45, 2.75) is 19.4 Å². The van der Waals surface area contributed by atoms with E-state index >= 15 is 0 Å². The fourth-order valence-electron chi connectivity index (χ4n) is 1.43. The second-order valence-electron chi connectivity index (χ2n) is 3.97. The minimum atomic E-state index is -0.305. The van der Waals surface area contributed by atoms with Gasteiger partial charge in [0.05, 0.1) is 11.4 Å². The Morgan fingerprint density at radius 2 is 2.06 bits per heavy atom. The van der Waals surface area contributed by atoms with Crippen molar-refractivity contribution < 1.29 is 14.3 Å². The number of ketones is 1. The SMILES string of the molecule is CC(=O)CBr.O=C1NC(Cc2ccccc2)CO1. The van der Waals surface area contributed by atoms with Crippen LogP contribution in [0.2, 0.25) is 0 Å². The van der Waals surface area contributed by atoms with E-state index in [1.165, 1.54) is 12.5 Å². The third-order valence-electron chi connectivity index (χ3n) is 2.25. The van der Waals surface area contributed by atoms with Crippen molar-refractivity contribution in [3.63, 3.8) is 0 Å². The Hall–Kier alpha value is -1.36. The van der Waals surface area contributed by atoms with E-state index in [2.05, 4.69) is 21.2 Å². The molecule has 0 aromatic heterocycles. The molecule has 5 heteroatoms. The van der Waals surface area contributed by atoms with Crippen molar-refractivity contribution >= 4 is 27.8 Å². The van der Waals surface area contributed by atoms with Gasteiger partial charge in [-0.1, -0.05) is 46.3 Å². The van der Waals surface area contributed by atoms with Gasteiger partial charge in [0.1, 0.15) is 12.4 Å². The lowest BCUT2D eigenvalue weighted by Gasteiger charge is -2.05. The van der Waals surface area contributed by atoms with Gasteiger partial charge >= 0.3 is 6.09 Å². The Labute approximate surface area is 115 Å². The van der Waals surface area contributed by atoms with E-state index in [0.29, 0.717) is 11.9 Å². The number of amides is 1. The number of hydrogen-bond acceptors (Lipinski definition) is 3. The third-order valence-corrected chi connectivity index (χ3v) is 3.04. The Balaban J connectivity index is 0.000000280. The van der Waals surface area contributed by atoms with E-state index in [9.17, 15) is 9.59 Å². The number of alkyl carbamates (subject to hydrolysis) is 1. The molecule has 1 unspecified atom stereocenters. The zero-order chi connectivity index (χ0) is 13.4. The Morgan fingerprint density at radius 3 is 2.50 bits per heavy atom. The molecule has 18 heavy (non-hydrogen) atoms. The van der Waals surface area contributed by atoms with Crippen molar-refractivity contribution in [2.75, 3.05) is 11.9 Å². The van der Waals surface area contributed by atoms with Crippen LogP contribution in [0.15, 0.2) is 30.3 Å². The molecule has 1 aromatic rings. The molecule has 1 aliphatic heterocycles. The molecular weight excluding hydrogens is 298 g/mol. The first kappa shape index (κ1) is 14.7. The molecule has 1 saturated heterocycles. The highest BCUT2D eigenvalue weighted by molar-refractivity contribution is 9.09. The lowest BCUT2D eigenvalue weighted by molar-refractivity contribution is -0.114. The molecule has 1 fully saturated rings. The van der Waals surface area contributed by atoms with Crippen LogP contribution < -0.4 is 5.32 Å². The van der Waals surface area contributed by atoms with Gasteiger partial charge < -0.3 is 10.1 Å². The fourth-order valence-corrected chi connectivity index (χ4v) is 1.43. The van der Waals surface area contributed by atoms with E-state index in [1.54, 1.807) is 0 Å². The van der Waals surface area contributed by atoms with E-state index < -0.39 is 0 Å². The molecule has 1 aromatic carbocycles. The molecule has 0 saturated carbocycles. The third kappa shape index (κ3) is 5.82. The van der Waals surface area contributed by atoms with Crippen molar-refractivity contribution in [3.8, 4) is 0 Å². The molecule has 0 bridgehead atoms. The monoisotopic (exact) mass is 313 g/mol. The molecule has 98 valence electrons. The zero-order valence-electron chi connectivity index (χ0n) is 10.2. The Kier molecular flexibility index (Phi) is 6.43. The van der Waals surface area contributed by atoms with Gasteiger partial charge in [-0.2, -0.15) is 0 Å². The van der Waals surface area contributed by atoms with Crippen LogP contribution in [0.3, 0.4) is 0 Å². The maximum absolute atomic E-state index is 10.7. The van der Waals surface area contributed by atoms with Gasteiger partial charge in [-0.3, -0.25) is 4.79 Å². The average Bonchev–Trinajstić information content (AvgIpc) is 2.77. The van der Waals surface area contributed by atoms with Crippen molar-refractivity contribution in [1.82, 2.24) is 5.32 Å². The van der Waals surface area contributed by atoms with E-state index in [0.717, 1.165) is 6.42 Å². The van der Waals surface area contributed by atoms with Crippen LogP contribution in [0.1, 0.15) is 12.5 Å². The van der Waals surface area contributed by atoms with Gasteiger partial charge in [0.2, 0.25) is 0 Å². The standard InChI is InChI=1S/C10H11NO2.C3H5BrO/c12-10-11-9(7-13-10)6-8-4-2-1-3-5-8;1-3(5)2-4/h1-5,9H,6-7H2,(H,11,12);2H2,1H3. The summed E-state index contributed by atoms with van der Waals surface area (Å²) in [6.07, 6.45) is 0.535. The highest BCUT2D eigenvalue weighted by Gasteiger charge is 2.21. The predicted molar refractivity (Wildman–Crippen MR) is 72.9 cm³/mol. The van der Waals surface area contributed by atoms with E-state index in [-0.39, 0.29) is 17.9 Å². The normalized spacial score (nSPS) is 17.2. The first-order valence-electron chi connectivity index (χ1n) is 5.64. The van der Waals surface area contributed by atoms with Crippen LogP contribution in [0.4, 0.5) is 4.79 Å². The molecule has 0 radical (unpaired) electrons. The number of hydrogen-bond donors (Lipinski definition) is 1. The number of carbonyl (C=O) groups is 2. The number of Topliss-reactive ketones (excluding diaryl/α,β-unsaturated/α-hetero) is 1. The molecular formula is C13H16BrNO3. The number of ether oxygens (including phenoxy) is 1. The molecule has 1 aliphatic rings. The molecule has 0 aliphatic carbocycles. The lowest BCUT2D eigenvalue weighted by Crippen LogP contribution is -2.28. The Bertz CT molecular complexity index is 394. The molecule has 0 spiro atoms. The highest BCUT2D eigenvalue weighted by atomic mass is 79.9. The topological polar surface area (TPSA) is 55.4 Å². The number of benzene rings is 1. The van der Waals surface area contributed by atoms with Gasteiger partial charge in [-0.05, 0) is 18.9 Å². The average molecular weight is 314 g/mol. The molecule has 1 N–H and O–H groups in total. The number of cyclic esters (lactones) is 1. The number of halogens is 1. The number of alkyl halides is 1. The maximum Gasteiger partial charge on any atom is 0.407 e. The van der Waals surface area contributed by atoms with E-state index in [1.807, 2.05) is 30.3 Å². The predicted octanol–water partition coefficient (Wildman–Crippen LogP) is 2.31. The van der Waals surface area contributed by atoms with Crippen molar-refractivity contribution in [2.24, 2.45) is 0 Å². The summed E-state index contributed by atoms with van der Waals surface area (Å²) in [6, 6.07) is 10.2. The van der Waals surface area contributed by atoms with Crippen LogP contribution in [0.5, 0.6) is 0 Å². The molecule has 1 amide bonds. The van der Waals surface area contributed by atoms with Crippen LogP contribution in [0.25, 0.3) is 0 Å². The summed E-state index contributed by atoms with van der Waals surface area (Å²) in [5.74, 6) is 0.171. The molecule has 2 rings (SSSR count). The van der Waals surface area contributed by atoms with Gasteiger partial charge in [0.25, 0.3) is 0 Å².